The van der Waals surface area contributed by atoms with Crippen LogP contribution in [0.2, 0.25) is 0 Å². The van der Waals surface area contributed by atoms with E-state index in [1.165, 1.54) is 0 Å². The predicted octanol–water partition coefficient (Wildman–Crippen LogP) is 2.09. The Morgan fingerprint density at radius 2 is 2.50 bits per heavy atom. The maximum atomic E-state index is 11.0. The van der Waals surface area contributed by atoms with Gasteiger partial charge in [-0.15, -0.1) is 0 Å². The van der Waals surface area contributed by atoms with Crippen LogP contribution in [0.5, 0.6) is 0 Å². The minimum absolute atomic E-state index is 0.289. The standard InChI is InChI=1S/C13H15N3O3S/c17-13(18)9-2-1-4-16(6-9)7-11-14-12(15-19-11)10-3-5-20-8-10/h3,5,8-9H,1-2,4,6-7H2,(H,17,18). The second-order valence-electron chi connectivity index (χ2n) is 4.94. The summed E-state index contributed by atoms with van der Waals surface area (Å²) in [7, 11) is 0. The molecule has 1 fully saturated rings. The summed E-state index contributed by atoms with van der Waals surface area (Å²) in [5.74, 6) is 0.118. The average molecular weight is 293 g/mol. The van der Waals surface area contributed by atoms with Crippen molar-refractivity contribution in [3.05, 3.63) is 22.7 Å². The van der Waals surface area contributed by atoms with Crippen molar-refractivity contribution in [2.24, 2.45) is 5.92 Å². The minimum Gasteiger partial charge on any atom is -0.481 e. The van der Waals surface area contributed by atoms with Gasteiger partial charge in [-0.2, -0.15) is 16.3 Å². The first kappa shape index (κ1) is 13.3. The number of carboxylic acid groups (broad SMARTS) is 1. The number of carbonyl (C=O) groups is 1. The number of thiophene rings is 1. The van der Waals surface area contributed by atoms with Crippen LogP contribution in [0.3, 0.4) is 0 Å². The number of hydrogen-bond acceptors (Lipinski definition) is 6. The third-order valence-electron chi connectivity index (χ3n) is 3.46. The van der Waals surface area contributed by atoms with E-state index in [0.29, 0.717) is 24.8 Å². The first-order valence-corrected chi connectivity index (χ1v) is 7.47. The van der Waals surface area contributed by atoms with Gasteiger partial charge in [0.2, 0.25) is 11.7 Å². The largest absolute Gasteiger partial charge is 0.481 e. The zero-order chi connectivity index (χ0) is 13.9. The molecule has 3 heterocycles. The highest BCUT2D eigenvalue weighted by molar-refractivity contribution is 7.08. The summed E-state index contributed by atoms with van der Waals surface area (Å²) in [6, 6.07) is 1.95. The van der Waals surface area contributed by atoms with E-state index in [9.17, 15) is 4.79 Å². The molecular formula is C13H15N3O3S. The topological polar surface area (TPSA) is 79.5 Å². The molecule has 1 aliphatic rings. The van der Waals surface area contributed by atoms with Crippen molar-refractivity contribution in [3.63, 3.8) is 0 Å². The average Bonchev–Trinajstić information content (AvgIpc) is 3.09. The van der Waals surface area contributed by atoms with Crippen LogP contribution in [-0.2, 0) is 11.3 Å². The Kier molecular flexibility index (Phi) is 3.79. The summed E-state index contributed by atoms with van der Waals surface area (Å²) in [6.07, 6.45) is 1.64. The van der Waals surface area contributed by atoms with Crippen molar-refractivity contribution >= 4 is 17.3 Å². The van der Waals surface area contributed by atoms with Crippen molar-refractivity contribution in [2.45, 2.75) is 19.4 Å². The van der Waals surface area contributed by atoms with Gasteiger partial charge in [0.05, 0.1) is 12.5 Å². The van der Waals surface area contributed by atoms with Crippen molar-refractivity contribution in [1.82, 2.24) is 15.0 Å². The third-order valence-corrected chi connectivity index (χ3v) is 4.14. The molecule has 1 N–H and O–H groups in total. The summed E-state index contributed by atoms with van der Waals surface area (Å²) < 4.78 is 5.24. The first-order valence-electron chi connectivity index (χ1n) is 6.52. The van der Waals surface area contributed by atoms with Crippen molar-refractivity contribution in [1.29, 1.82) is 0 Å². The molecular weight excluding hydrogens is 278 g/mol. The van der Waals surface area contributed by atoms with Crippen LogP contribution in [0.15, 0.2) is 21.3 Å². The van der Waals surface area contributed by atoms with E-state index < -0.39 is 5.97 Å². The zero-order valence-corrected chi connectivity index (χ0v) is 11.7. The smallest absolute Gasteiger partial charge is 0.307 e. The quantitative estimate of drug-likeness (QED) is 0.930. The fourth-order valence-electron chi connectivity index (χ4n) is 2.42. The second kappa shape index (κ2) is 5.72. The lowest BCUT2D eigenvalue weighted by molar-refractivity contribution is -0.143. The van der Waals surface area contributed by atoms with E-state index in [0.717, 1.165) is 24.9 Å². The molecule has 0 bridgehead atoms. The number of piperidine rings is 1. The van der Waals surface area contributed by atoms with E-state index in [1.807, 2.05) is 16.8 Å². The molecule has 0 saturated carbocycles. The van der Waals surface area contributed by atoms with Crippen LogP contribution in [0.4, 0.5) is 0 Å². The highest BCUT2D eigenvalue weighted by Crippen LogP contribution is 2.21. The van der Waals surface area contributed by atoms with Gasteiger partial charge in [0.15, 0.2) is 0 Å². The van der Waals surface area contributed by atoms with Crippen LogP contribution in [-0.4, -0.2) is 39.2 Å². The molecule has 0 radical (unpaired) electrons. The fourth-order valence-corrected chi connectivity index (χ4v) is 3.05. The van der Waals surface area contributed by atoms with Crippen LogP contribution >= 0.6 is 11.3 Å². The number of nitrogens with zero attached hydrogens (tertiary/aromatic N) is 3. The third kappa shape index (κ3) is 2.88. The predicted molar refractivity (Wildman–Crippen MR) is 73.2 cm³/mol. The van der Waals surface area contributed by atoms with Crippen LogP contribution < -0.4 is 0 Å². The van der Waals surface area contributed by atoms with Gasteiger partial charge in [-0.1, -0.05) is 5.16 Å². The fraction of sp³-hybridized carbons (Fsp3) is 0.462. The number of rotatable bonds is 4. The van der Waals surface area contributed by atoms with Gasteiger partial charge in [0.1, 0.15) is 0 Å². The van der Waals surface area contributed by atoms with Crippen molar-refractivity contribution in [2.75, 3.05) is 13.1 Å². The van der Waals surface area contributed by atoms with E-state index >= 15 is 0 Å². The SMILES string of the molecule is O=C(O)C1CCCN(Cc2nc(-c3ccsc3)no2)C1. The Balaban J connectivity index is 1.64. The molecule has 1 atom stereocenters. The molecule has 1 unspecified atom stereocenters. The van der Waals surface area contributed by atoms with Crippen molar-refractivity contribution in [3.8, 4) is 11.4 Å². The molecule has 7 heteroatoms. The van der Waals surface area contributed by atoms with Gasteiger partial charge < -0.3 is 9.63 Å². The molecule has 106 valence electrons. The molecule has 0 aliphatic carbocycles. The Morgan fingerprint density at radius 3 is 3.25 bits per heavy atom. The molecule has 1 saturated heterocycles. The zero-order valence-electron chi connectivity index (χ0n) is 10.9. The maximum absolute atomic E-state index is 11.0. The molecule has 2 aromatic heterocycles. The van der Waals surface area contributed by atoms with Crippen molar-refractivity contribution < 1.29 is 14.4 Å². The molecule has 20 heavy (non-hydrogen) atoms. The van der Waals surface area contributed by atoms with Gasteiger partial charge in [0.25, 0.3) is 0 Å². The van der Waals surface area contributed by atoms with Crippen LogP contribution in [0, 0.1) is 5.92 Å². The summed E-state index contributed by atoms with van der Waals surface area (Å²) in [5.41, 5.74) is 0.951. The highest BCUT2D eigenvalue weighted by atomic mass is 32.1. The number of likely N-dealkylation sites (tertiary alicyclic amines) is 1. The molecule has 6 nitrogen and oxygen atoms in total. The normalized spacial score (nSPS) is 20.1. The Labute approximate surface area is 120 Å². The number of aliphatic carboxylic acids is 1. The van der Waals surface area contributed by atoms with E-state index in [2.05, 4.69) is 15.0 Å². The summed E-state index contributed by atoms with van der Waals surface area (Å²) in [4.78, 5) is 17.5. The van der Waals surface area contributed by atoms with Gasteiger partial charge >= 0.3 is 5.97 Å². The molecule has 0 amide bonds. The Morgan fingerprint density at radius 1 is 1.60 bits per heavy atom. The van der Waals surface area contributed by atoms with Crippen LogP contribution in [0.25, 0.3) is 11.4 Å². The summed E-state index contributed by atoms with van der Waals surface area (Å²) >= 11 is 1.59. The lowest BCUT2D eigenvalue weighted by Crippen LogP contribution is -2.38. The molecule has 0 spiro atoms. The van der Waals surface area contributed by atoms with Gasteiger partial charge in [-0.3, -0.25) is 9.69 Å². The first-order chi connectivity index (χ1) is 9.72. The van der Waals surface area contributed by atoms with E-state index in [4.69, 9.17) is 9.63 Å². The maximum Gasteiger partial charge on any atom is 0.307 e. The summed E-state index contributed by atoms with van der Waals surface area (Å²) in [5, 5.41) is 17.0. The Bertz CT molecular complexity index is 581. The van der Waals surface area contributed by atoms with Gasteiger partial charge in [0, 0.05) is 17.5 Å². The van der Waals surface area contributed by atoms with E-state index in [1.54, 1.807) is 11.3 Å². The highest BCUT2D eigenvalue weighted by Gasteiger charge is 2.26. The van der Waals surface area contributed by atoms with E-state index in [-0.39, 0.29) is 5.92 Å². The van der Waals surface area contributed by atoms with Gasteiger partial charge in [-0.25, -0.2) is 0 Å². The summed E-state index contributed by atoms with van der Waals surface area (Å²) in [6.45, 7) is 1.94. The number of aromatic nitrogens is 2. The van der Waals surface area contributed by atoms with Crippen LogP contribution in [0.1, 0.15) is 18.7 Å². The number of carboxylic acids is 1. The molecule has 2 aromatic rings. The molecule has 0 aromatic carbocycles. The number of hydrogen-bond donors (Lipinski definition) is 1. The second-order valence-corrected chi connectivity index (χ2v) is 5.72. The Hall–Kier alpha value is -1.73. The molecule has 1 aliphatic heterocycles. The lowest BCUT2D eigenvalue weighted by atomic mass is 9.98. The lowest BCUT2D eigenvalue weighted by Gasteiger charge is -2.29. The monoisotopic (exact) mass is 293 g/mol. The molecule has 3 rings (SSSR count). The minimum atomic E-state index is -0.723. The van der Waals surface area contributed by atoms with Gasteiger partial charge in [-0.05, 0) is 30.8 Å².